The second-order valence-corrected chi connectivity index (χ2v) is 3.17. The average molecular weight is 187 g/mol. The quantitative estimate of drug-likeness (QED) is 0.703. The minimum atomic E-state index is -1.02. The molecule has 0 spiro atoms. The van der Waals surface area contributed by atoms with Crippen molar-refractivity contribution in [2.75, 3.05) is 0 Å². The summed E-state index contributed by atoms with van der Waals surface area (Å²) in [7, 11) is 0. The van der Waals surface area contributed by atoms with E-state index in [1.54, 1.807) is 6.20 Å². The van der Waals surface area contributed by atoms with E-state index in [4.69, 9.17) is 0 Å². The van der Waals surface area contributed by atoms with Crippen molar-refractivity contribution < 1.29 is 9.90 Å². The summed E-state index contributed by atoms with van der Waals surface area (Å²) in [5.74, 6) is -1.02. The lowest BCUT2D eigenvalue weighted by Crippen LogP contribution is -2.21. The minimum absolute atomic E-state index is 0.0513. The molecular weight excluding hydrogens is 178 g/mol. The fourth-order valence-corrected chi connectivity index (χ4v) is 1.51. The summed E-state index contributed by atoms with van der Waals surface area (Å²) in [6.07, 6.45) is 2.27. The first-order valence-electron chi connectivity index (χ1n) is 4.46. The van der Waals surface area contributed by atoms with Crippen LogP contribution < -0.4 is 10.4 Å². The first-order valence-corrected chi connectivity index (χ1v) is 4.46. The number of allylic oxidation sites excluding steroid dienone is 1. The zero-order valence-corrected chi connectivity index (χ0v) is 7.56. The zero-order chi connectivity index (χ0) is 9.97. The molecular formula is C11H9NO2-. The normalized spacial score (nSPS) is 13.0. The zero-order valence-electron chi connectivity index (χ0n) is 7.56. The van der Waals surface area contributed by atoms with E-state index in [1.807, 2.05) is 24.3 Å². The summed E-state index contributed by atoms with van der Waals surface area (Å²) >= 11 is 0. The monoisotopic (exact) mass is 187 g/mol. The van der Waals surface area contributed by atoms with Gasteiger partial charge in [0.1, 0.15) is 0 Å². The molecule has 0 bridgehead atoms. The summed E-state index contributed by atoms with van der Waals surface area (Å²) in [5, 5.41) is 14.5. The van der Waals surface area contributed by atoms with Crippen LogP contribution in [-0.2, 0) is 4.79 Å². The molecule has 14 heavy (non-hydrogen) atoms. The van der Waals surface area contributed by atoms with Gasteiger partial charge in [-0.3, -0.25) is 5.32 Å². The molecule has 1 aromatic carbocycles. The highest BCUT2D eigenvalue weighted by Crippen LogP contribution is 2.32. The van der Waals surface area contributed by atoms with Crippen molar-refractivity contribution in [2.24, 2.45) is 0 Å². The molecule has 0 atom stereocenters. The Morgan fingerprint density at radius 2 is 2.14 bits per heavy atom. The lowest BCUT2D eigenvalue weighted by molar-refractivity contribution is -0.305. The summed E-state index contributed by atoms with van der Waals surface area (Å²) in [6, 6.07) is 7.70. The highest BCUT2D eigenvalue weighted by Gasteiger charge is 2.13. The summed E-state index contributed by atoms with van der Waals surface area (Å²) in [5.41, 5.74) is 2.93. The molecule has 0 aromatic heterocycles. The third kappa shape index (κ3) is 1.62. The Morgan fingerprint density at radius 1 is 1.36 bits per heavy atom. The van der Waals surface area contributed by atoms with Crippen LogP contribution in [0.1, 0.15) is 18.4 Å². The Labute approximate surface area is 82.1 Å². The second-order valence-electron chi connectivity index (χ2n) is 3.17. The third-order valence-electron chi connectivity index (χ3n) is 2.21. The van der Waals surface area contributed by atoms with Crippen LogP contribution in [0.25, 0.3) is 5.57 Å². The van der Waals surface area contributed by atoms with Gasteiger partial charge in [-0.05, 0) is 24.5 Å². The van der Waals surface area contributed by atoms with Crippen LogP contribution in [0.3, 0.4) is 0 Å². The lowest BCUT2D eigenvalue weighted by atomic mass is 10.0. The third-order valence-corrected chi connectivity index (χ3v) is 2.21. The van der Waals surface area contributed by atoms with Gasteiger partial charge in [0.15, 0.2) is 0 Å². The minimum Gasteiger partial charge on any atom is -0.550 e. The van der Waals surface area contributed by atoms with E-state index in [0.29, 0.717) is 6.42 Å². The largest absolute Gasteiger partial charge is 0.550 e. The molecule has 3 heteroatoms. The molecule has 0 unspecified atom stereocenters. The SMILES string of the molecule is O=C([O-])CCC1=C[N]c2ccccc21. The number of nitrogens with zero attached hydrogens (tertiary/aromatic N) is 1. The molecule has 2 rings (SSSR count). The number of carboxylic acids is 1. The van der Waals surface area contributed by atoms with E-state index in [-0.39, 0.29) is 6.42 Å². The summed E-state index contributed by atoms with van der Waals surface area (Å²) in [6.45, 7) is 0. The second kappa shape index (κ2) is 3.54. The summed E-state index contributed by atoms with van der Waals surface area (Å²) < 4.78 is 0. The van der Waals surface area contributed by atoms with Crippen molar-refractivity contribution in [3.63, 3.8) is 0 Å². The Kier molecular flexibility index (Phi) is 2.23. The Balaban J connectivity index is 2.13. The average Bonchev–Trinajstić information content (AvgIpc) is 2.58. The number of aliphatic carboxylic acids is 1. The predicted molar refractivity (Wildman–Crippen MR) is 50.5 cm³/mol. The Bertz CT molecular complexity index is 396. The van der Waals surface area contributed by atoms with Crippen molar-refractivity contribution in [1.29, 1.82) is 0 Å². The van der Waals surface area contributed by atoms with Gasteiger partial charge in [0.05, 0.1) is 5.69 Å². The molecule has 1 heterocycles. The molecule has 3 nitrogen and oxygen atoms in total. The van der Waals surface area contributed by atoms with Crippen LogP contribution in [0.15, 0.2) is 30.5 Å². The Morgan fingerprint density at radius 3 is 2.93 bits per heavy atom. The number of carbonyl (C=O) groups excluding carboxylic acids is 1. The highest BCUT2D eigenvalue weighted by atomic mass is 16.4. The van der Waals surface area contributed by atoms with Crippen LogP contribution >= 0.6 is 0 Å². The molecule has 0 fully saturated rings. The van der Waals surface area contributed by atoms with Crippen LogP contribution in [-0.4, -0.2) is 5.97 Å². The van der Waals surface area contributed by atoms with Crippen molar-refractivity contribution >= 4 is 17.2 Å². The van der Waals surface area contributed by atoms with E-state index in [9.17, 15) is 9.90 Å². The predicted octanol–water partition coefficient (Wildman–Crippen LogP) is 0.807. The van der Waals surface area contributed by atoms with Crippen molar-refractivity contribution in [2.45, 2.75) is 12.8 Å². The van der Waals surface area contributed by atoms with Gasteiger partial charge in [0.25, 0.3) is 0 Å². The van der Waals surface area contributed by atoms with Gasteiger partial charge in [0, 0.05) is 17.7 Å². The smallest absolute Gasteiger partial charge is 0.0705 e. The van der Waals surface area contributed by atoms with Gasteiger partial charge in [-0.25, -0.2) is 0 Å². The number of carboxylic acid groups (broad SMARTS) is 1. The van der Waals surface area contributed by atoms with Gasteiger partial charge in [0.2, 0.25) is 0 Å². The summed E-state index contributed by atoms with van der Waals surface area (Å²) in [4.78, 5) is 10.3. The standard InChI is InChI=1S/C11H10NO2/c13-11(14)6-5-8-7-12-10-4-2-1-3-9(8)10/h1-4,7H,5-6H2,(H,13,14)/p-1. The van der Waals surface area contributed by atoms with Crippen LogP contribution in [0.2, 0.25) is 0 Å². The fraction of sp³-hybridized carbons (Fsp3) is 0.182. The van der Waals surface area contributed by atoms with Gasteiger partial charge in [-0.1, -0.05) is 18.2 Å². The van der Waals surface area contributed by atoms with Gasteiger partial charge >= 0.3 is 0 Å². The fourth-order valence-electron chi connectivity index (χ4n) is 1.51. The molecule has 1 aromatic rings. The van der Waals surface area contributed by atoms with Crippen LogP contribution in [0.4, 0.5) is 5.69 Å². The number of para-hydroxylation sites is 1. The Hall–Kier alpha value is -1.77. The molecule has 0 saturated carbocycles. The van der Waals surface area contributed by atoms with Crippen molar-refractivity contribution in [1.82, 2.24) is 5.32 Å². The van der Waals surface area contributed by atoms with E-state index in [1.165, 1.54) is 0 Å². The molecule has 1 aliphatic rings. The van der Waals surface area contributed by atoms with Gasteiger partial charge < -0.3 is 9.90 Å². The van der Waals surface area contributed by atoms with E-state index in [0.717, 1.165) is 16.8 Å². The number of rotatable bonds is 3. The topological polar surface area (TPSA) is 54.2 Å². The number of hydrogen-bond acceptors (Lipinski definition) is 2. The number of fused-ring (bicyclic) bond motifs is 1. The first kappa shape index (κ1) is 8.81. The number of hydrogen-bond donors (Lipinski definition) is 0. The number of benzene rings is 1. The van der Waals surface area contributed by atoms with E-state index < -0.39 is 5.97 Å². The van der Waals surface area contributed by atoms with Crippen molar-refractivity contribution in [3.8, 4) is 0 Å². The molecule has 0 amide bonds. The molecule has 0 saturated heterocycles. The molecule has 0 aliphatic carbocycles. The molecule has 71 valence electrons. The maximum absolute atomic E-state index is 10.3. The highest BCUT2D eigenvalue weighted by molar-refractivity contribution is 5.80. The van der Waals surface area contributed by atoms with E-state index in [2.05, 4.69) is 5.32 Å². The lowest BCUT2D eigenvalue weighted by Gasteiger charge is -2.04. The van der Waals surface area contributed by atoms with Crippen molar-refractivity contribution in [3.05, 3.63) is 36.0 Å². The molecule has 1 aliphatic heterocycles. The maximum Gasteiger partial charge on any atom is 0.0705 e. The van der Waals surface area contributed by atoms with Crippen LogP contribution in [0, 0.1) is 0 Å². The maximum atomic E-state index is 10.3. The molecule has 0 N–H and O–H groups in total. The van der Waals surface area contributed by atoms with E-state index >= 15 is 0 Å². The van der Waals surface area contributed by atoms with Gasteiger partial charge in [-0.15, -0.1) is 0 Å². The number of carbonyl (C=O) groups is 1. The first-order chi connectivity index (χ1) is 6.77. The van der Waals surface area contributed by atoms with Gasteiger partial charge in [-0.2, -0.15) is 0 Å². The van der Waals surface area contributed by atoms with Crippen LogP contribution in [0.5, 0.6) is 0 Å². The molecule has 1 radical (unpaired) electrons.